The van der Waals surface area contributed by atoms with Crippen molar-refractivity contribution < 1.29 is 14.1 Å². The van der Waals surface area contributed by atoms with Crippen LogP contribution in [-0.2, 0) is 16.1 Å². The number of benzene rings is 2. The van der Waals surface area contributed by atoms with Crippen molar-refractivity contribution in [3.63, 3.8) is 0 Å². The van der Waals surface area contributed by atoms with Crippen LogP contribution in [0.15, 0.2) is 71.7 Å². The molecule has 0 saturated heterocycles. The molecule has 2 aromatic carbocycles. The molecule has 0 spiro atoms. The molecule has 2 atom stereocenters. The van der Waals surface area contributed by atoms with Gasteiger partial charge in [-0.2, -0.15) is 10.3 Å². The van der Waals surface area contributed by atoms with Crippen LogP contribution in [0.5, 0.6) is 0 Å². The lowest BCUT2D eigenvalue weighted by Gasteiger charge is -2.46. The Morgan fingerprint density at radius 2 is 1.94 bits per heavy atom. The Bertz CT molecular complexity index is 1250. The van der Waals surface area contributed by atoms with Gasteiger partial charge >= 0.3 is 5.88 Å². The maximum atomic E-state index is 14.1. The van der Waals surface area contributed by atoms with Crippen molar-refractivity contribution in [2.45, 2.75) is 32.9 Å². The zero-order chi connectivity index (χ0) is 23.6. The number of methoxy groups -OCH3 is 1. The molecule has 0 fully saturated rings. The van der Waals surface area contributed by atoms with Crippen molar-refractivity contribution in [3.8, 4) is 6.07 Å². The summed E-state index contributed by atoms with van der Waals surface area (Å²) in [5.74, 6) is 1.27. The van der Waals surface area contributed by atoms with Gasteiger partial charge in [-0.15, -0.1) is 0 Å². The van der Waals surface area contributed by atoms with Gasteiger partial charge < -0.3 is 14.7 Å². The molecular formula is C26H28N4O3. The van der Waals surface area contributed by atoms with Crippen molar-refractivity contribution in [2.75, 3.05) is 14.2 Å². The van der Waals surface area contributed by atoms with E-state index in [1.165, 1.54) is 7.11 Å². The molecule has 7 heteroatoms. The van der Waals surface area contributed by atoms with Crippen molar-refractivity contribution in [1.29, 1.82) is 5.26 Å². The first-order chi connectivity index (χ1) is 15.8. The van der Waals surface area contributed by atoms with Gasteiger partial charge in [0, 0.05) is 18.0 Å². The van der Waals surface area contributed by atoms with Crippen LogP contribution in [0.3, 0.4) is 0 Å². The average Bonchev–Trinajstić information content (AvgIpc) is 3.22. The molecule has 0 bridgehead atoms. The number of ether oxygens (including phenoxy) is 2. The first kappa shape index (κ1) is 22.6. The van der Waals surface area contributed by atoms with Crippen LogP contribution >= 0.6 is 0 Å². The second kappa shape index (κ2) is 9.10. The van der Waals surface area contributed by atoms with E-state index in [0.29, 0.717) is 30.3 Å². The number of nitriles is 1. The van der Waals surface area contributed by atoms with Crippen LogP contribution in [0.1, 0.15) is 31.4 Å². The predicted molar refractivity (Wildman–Crippen MR) is 128 cm³/mol. The Morgan fingerprint density at radius 3 is 2.61 bits per heavy atom. The van der Waals surface area contributed by atoms with E-state index in [0.717, 1.165) is 16.5 Å². The molecule has 33 heavy (non-hydrogen) atoms. The summed E-state index contributed by atoms with van der Waals surface area (Å²) in [6, 6.07) is 18.8. The Morgan fingerprint density at radius 1 is 1.18 bits per heavy atom. The summed E-state index contributed by atoms with van der Waals surface area (Å²) in [5, 5.41) is 24.2. The molecule has 0 N–H and O–H groups in total. The fraction of sp³-hybridized carbons (Fsp3) is 0.308. The summed E-state index contributed by atoms with van der Waals surface area (Å²) < 4.78 is 12.9. The highest BCUT2D eigenvalue weighted by molar-refractivity contribution is 5.90. The van der Waals surface area contributed by atoms with Crippen LogP contribution in [0.25, 0.3) is 16.7 Å². The molecule has 1 aliphatic heterocycles. The quantitative estimate of drug-likeness (QED) is 0.385. The van der Waals surface area contributed by atoms with Gasteiger partial charge in [0.1, 0.15) is 6.61 Å². The lowest BCUT2D eigenvalue weighted by atomic mass is 10.0. The lowest BCUT2D eigenvalue weighted by molar-refractivity contribution is -0.855. The summed E-state index contributed by atoms with van der Waals surface area (Å²) in [7, 11) is 3.09. The molecule has 7 nitrogen and oxygen atoms in total. The summed E-state index contributed by atoms with van der Waals surface area (Å²) in [6.45, 7) is 4.47. The van der Waals surface area contributed by atoms with Crippen molar-refractivity contribution >= 4 is 22.6 Å². The molecule has 3 aromatic rings. The van der Waals surface area contributed by atoms with Crippen molar-refractivity contribution in [1.82, 2.24) is 4.57 Å². The highest BCUT2D eigenvalue weighted by Crippen LogP contribution is 2.36. The SMILES string of the molecule is COC1=C(n2ccc3cc(C#N)ccc32)N=C(OCc2ccccc2)C(CC(C)C)[N+]1(C)[O-]. The maximum Gasteiger partial charge on any atom is 0.336 e. The van der Waals surface area contributed by atoms with Crippen molar-refractivity contribution in [3.05, 3.63) is 83.0 Å². The first-order valence-corrected chi connectivity index (χ1v) is 11.0. The van der Waals surface area contributed by atoms with Gasteiger partial charge in [0.25, 0.3) is 5.90 Å². The molecule has 2 unspecified atom stereocenters. The monoisotopic (exact) mass is 444 g/mol. The second-order valence-electron chi connectivity index (χ2n) is 8.76. The fourth-order valence-corrected chi connectivity index (χ4v) is 4.21. The second-order valence-corrected chi connectivity index (χ2v) is 8.76. The average molecular weight is 445 g/mol. The topological polar surface area (TPSA) is 82.6 Å². The maximum absolute atomic E-state index is 14.1. The Hall–Kier alpha value is -3.60. The standard InChI is InChI=1S/C26H28N4O3/c1-18(2)14-23-25(33-17-19-8-6-5-7-9-19)28-24(26(32-4)30(23,3)31)29-13-12-21-15-20(16-27)10-11-22(21)29/h5-13,15,18,23H,14,17H2,1-4H3. The van der Waals surface area contributed by atoms with E-state index in [4.69, 9.17) is 14.5 Å². The third-order valence-electron chi connectivity index (χ3n) is 5.86. The van der Waals surface area contributed by atoms with Crippen LogP contribution < -0.4 is 0 Å². The largest absolute Gasteiger partial charge is 0.625 e. The van der Waals surface area contributed by atoms with Crippen LogP contribution in [0.2, 0.25) is 0 Å². The molecular weight excluding hydrogens is 416 g/mol. The Kier molecular flexibility index (Phi) is 6.23. The number of aromatic nitrogens is 1. The molecule has 170 valence electrons. The lowest BCUT2D eigenvalue weighted by Crippen LogP contribution is -2.54. The smallest absolute Gasteiger partial charge is 0.336 e. The molecule has 0 radical (unpaired) electrons. The predicted octanol–water partition coefficient (Wildman–Crippen LogP) is 5.23. The van der Waals surface area contributed by atoms with E-state index in [1.807, 2.05) is 59.3 Å². The Labute approximate surface area is 194 Å². The number of fused-ring (bicyclic) bond motifs is 1. The van der Waals surface area contributed by atoms with Crippen LogP contribution in [0, 0.1) is 22.5 Å². The minimum Gasteiger partial charge on any atom is -0.625 e. The van der Waals surface area contributed by atoms with E-state index < -0.39 is 10.7 Å². The van der Waals surface area contributed by atoms with Gasteiger partial charge in [0.2, 0.25) is 5.82 Å². The zero-order valence-corrected chi connectivity index (χ0v) is 19.4. The highest BCUT2D eigenvalue weighted by atomic mass is 16.6. The number of hydroxylamine groups is 3. The molecule has 0 saturated carbocycles. The van der Waals surface area contributed by atoms with E-state index in [2.05, 4.69) is 19.9 Å². The molecule has 1 aliphatic rings. The Balaban J connectivity index is 1.82. The number of aliphatic imine (C=N–C) groups is 1. The number of likely N-dealkylation sites (N-methyl/N-ethyl adjacent to an activating group) is 1. The minimum absolute atomic E-state index is 0.217. The number of quaternary nitrogens is 1. The zero-order valence-electron chi connectivity index (χ0n) is 19.4. The normalized spacial score (nSPS) is 20.6. The van der Waals surface area contributed by atoms with Crippen molar-refractivity contribution in [2.24, 2.45) is 10.9 Å². The summed E-state index contributed by atoms with van der Waals surface area (Å²) in [6.07, 6.45) is 2.44. The molecule has 4 rings (SSSR count). The van der Waals surface area contributed by atoms with Gasteiger partial charge in [-0.3, -0.25) is 9.21 Å². The van der Waals surface area contributed by atoms with E-state index in [9.17, 15) is 10.5 Å². The van der Waals surface area contributed by atoms with E-state index >= 15 is 0 Å². The number of hydrogen-bond acceptors (Lipinski definition) is 5. The molecule has 0 amide bonds. The van der Waals surface area contributed by atoms with Crippen LogP contribution in [0.4, 0.5) is 0 Å². The van der Waals surface area contributed by atoms with Gasteiger partial charge in [-0.05, 0) is 35.7 Å². The summed E-state index contributed by atoms with van der Waals surface area (Å²) in [4.78, 5) is 4.85. The first-order valence-electron chi connectivity index (χ1n) is 11.0. The van der Waals surface area contributed by atoms with E-state index in [-0.39, 0.29) is 11.8 Å². The van der Waals surface area contributed by atoms with E-state index in [1.54, 1.807) is 13.1 Å². The summed E-state index contributed by atoms with van der Waals surface area (Å²) in [5.41, 5.74) is 2.40. The number of rotatable bonds is 6. The third kappa shape index (κ3) is 4.36. The third-order valence-corrected chi connectivity index (χ3v) is 5.86. The molecule has 0 aliphatic carbocycles. The van der Waals surface area contributed by atoms with Gasteiger partial charge in [-0.25, -0.2) is 0 Å². The number of nitrogens with zero attached hydrogens (tertiary/aromatic N) is 4. The highest BCUT2D eigenvalue weighted by Gasteiger charge is 2.43. The number of hydrogen-bond donors (Lipinski definition) is 0. The minimum atomic E-state index is -0.756. The molecule has 1 aromatic heterocycles. The fourth-order valence-electron chi connectivity index (χ4n) is 4.21. The summed E-state index contributed by atoms with van der Waals surface area (Å²) >= 11 is 0. The molecule has 2 heterocycles. The van der Waals surface area contributed by atoms with Gasteiger partial charge in [-0.1, -0.05) is 44.2 Å². The van der Waals surface area contributed by atoms with Gasteiger partial charge in [0.05, 0.1) is 31.3 Å². The van der Waals surface area contributed by atoms with Crippen LogP contribution in [-0.4, -0.2) is 35.3 Å². The van der Waals surface area contributed by atoms with Gasteiger partial charge in [0.15, 0.2) is 6.04 Å².